The van der Waals surface area contributed by atoms with E-state index in [4.69, 9.17) is 18.5 Å². The van der Waals surface area contributed by atoms with Gasteiger partial charge in [-0.15, -0.1) is 0 Å². The second kappa shape index (κ2) is 12.8. The standard InChI is InChI=1S/C12H28NO6P.ClH/c1-5-7-16-9-10-17-11-12-19-20(14,15)18-8-6-13(2,3)4;/h5-12H2,1-4H3;1H. The average Bonchev–Trinajstić information content (AvgIpc) is 2.30. The molecule has 7 nitrogen and oxygen atoms in total. The SMILES string of the molecule is CCCOCCOCCOP(=O)(O)OCC[N+](C)(C)C.[Cl-]. The molecule has 0 aromatic carbocycles. The highest BCUT2D eigenvalue weighted by Crippen LogP contribution is 2.42. The van der Waals surface area contributed by atoms with Crippen molar-refractivity contribution in [2.24, 2.45) is 0 Å². The fraction of sp³-hybridized carbons (Fsp3) is 1.00. The summed E-state index contributed by atoms with van der Waals surface area (Å²) in [6.45, 7) is 4.76. The molecule has 0 aromatic heterocycles. The first-order valence-electron chi connectivity index (χ1n) is 6.84. The summed E-state index contributed by atoms with van der Waals surface area (Å²) in [4.78, 5) is 9.41. The number of hydrogen-bond acceptors (Lipinski definition) is 5. The molecule has 130 valence electrons. The maximum absolute atomic E-state index is 11.5. The van der Waals surface area contributed by atoms with E-state index in [1.807, 2.05) is 28.1 Å². The molecule has 21 heavy (non-hydrogen) atoms. The van der Waals surface area contributed by atoms with Crippen LogP contribution in [0.3, 0.4) is 0 Å². The Kier molecular flexibility index (Phi) is 14.3. The summed E-state index contributed by atoms with van der Waals surface area (Å²) < 4.78 is 32.2. The maximum atomic E-state index is 11.5. The number of phosphoric acid groups is 1. The van der Waals surface area contributed by atoms with Gasteiger partial charge in [0.25, 0.3) is 0 Å². The number of likely N-dealkylation sites (N-methyl/N-ethyl adjacent to an activating group) is 1. The minimum atomic E-state index is -3.97. The van der Waals surface area contributed by atoms with Crippen molar-refractivity contribution < 1.29 is 44.9 Å². The molecule has 0 spiro atoms. The van der Waals surface area contributed by atoms with Gasteiger partial charge in [-0.1, -0.05) is 6.92 Å². The molecule has 0 radical (unpaired) electrons. The van der Waals surface area contributed by atoms with Crippen molar-refractivity contribution in [2.75, 3.05) is 67.3 Å². The third-order valence-electron chi connectivity index (χ3n) is 2.22. The lowest BCUT2D eigenvalue weighted by Gasteiger charge is -2.24. The normalized spacial score (nSPS) is 14.5. The first-order valence-corrected chi connectivity index (χ1v) is 8.34. The fourth-order valence-corrected chi connectivity index (χ4v) is 1.84. The highest BCUT2D eigenvalue weighted by molar-refractivity contribution is 7.47. The first-order chi connectivity index (χ1) is 9.27. The van der Waals surface area contributed by atoms with Gasteiger partial charge in [-0.25, -0.2) is 4.57 Å². The summed E-state index contributed by atoms with van der Waals surface area (Å²) in [5.41, 5.74) is 0. The van der Waals surface area contributed by atoms with Crippen LogP contribution in [0, 0.1) is 0 Å². The van der Waals surface area contributed by atoms with Gasteiger partial charge >= 0.3 is 7.82 Å². The summed E-state index contributed by atoms with van der Waals surface area (Å²) in [6, 6.07) is 0. The number of quaternary nitrogens is 1. The molecular weight excluding hydrogens is 321 g/mol. The van der Waals surface area contributed by atoms with E-state index >= 15 is 0 Å². The molecule has 9 heteroatoms. The molecular formula is C12H29ClNO6P. The smallest absolute Gasteiger partial charge is 0.472 e. The van der Waals surface area contributed by atoms with Gasteiger partial charge in [-0.05, 0) is 6.42 Å². The largest absolute Gasteiger partial charge is 1.00 e. The molecule has 0 heterocycles. The third kappa shape index (κ3) is 18.2. The quantitative estimate of drug-likeness (QED) is 0.242. The van der Waals surface area contributed by atoms with Crippen molar-refractivity contribution in [3.63, 3.8) is 0 Å². The van der Waals surface area contributed by atoms with Gasteiger partial charge in [-0.2, -0.15) is 0 Å². The van der Waals surface area contributed by atoms with Crippen molar-refractivity contribution in [2.45, 2.75) is 13.3 Å². The van der Waals surface area contributed by atoms with Crippen LogP contribution in [-0.2, 0) is 23.1 Å². The summed E-state index contributed by atoms with van der Waals surface area (Å²) in [5, 5.41) is 0. The Bertz CT molecular complexity index is 287. The molecule has 0 amide bonds. The minimum absolute atomic E-state index is 0. The molecule has 0 fully saturated rings. The van der Waals surface area contributed by atoms with Gasteiger partial charge in [-0.3, -0.25) is 9.05 Å². The lowest BCUT2D eigenvalue weighted by Crippen LogP contribution is -3.00. The molecule has 0 aliphatic rings. The number of rotatable bonds is 13. The Morgan fingerprint density at radius 1 is 0.905 bits per heavy atom. The zero-order valence-electron chi connectivity index (χ0n) is 13.4. The molecule has 0 bridgehead atoms. The summed E-state index contributed by atoms with van der Waals surface area (Å²) in [5.74, 6) is 0. The van der Waals surface area contributed by atoms with Gasteiger partial charge in [0.2, 0.25) is 0 Å². The van der Waals surface area contributed by atoms with E-state index in [1.54, 1.807) is 0 Å². The number of hydrogen-bond donors (Lipinski definition) is 1. The van der Waals surface area contributed by atoms with Crippen LogP contribution in [0.15, 0.2) is 0 Å². The Morgan fingerprint density at radius 2 is 1.38 bits per heavy atom. The lowest BCUT2D eigenvalue weighted by atomic mass is 10.5. The topological polar surface area (TPSA) is 74.2 Å². The molecule has 0 rings (SSSR count). The van der Waals surface area contributed by atoms with Crippen LogP contribution >= 0.6 is 7.82 Å². The number of nitrogens with zero attached hydrogens (tertiary/aromatic N) is 1. The van der Waals surface area contributed by atoms with E-state index < -0.39 is 7.82 Å². The lowest BCUT2D eigenvalue weighted by molar-refractivity contribution is -0.870. The predicted molar refractivity (Wildman–Crippen MR) is 76.6 cm³/mol. The zero-order chi connectivity index (χ0) is 15.5. The van der Waals surface area contributed by atoms with Crippen LogP contribution in [0.5, 0.6) is 0 Å². The van der Waals surface area contributed by atoms with Gasteiger partial charge in [0.05, 0.1) is 47.6 Å². The predicted octanol–water partition coefficient (Wildman–Crippen LogP) is -1.73. The molecule has 0 saturated carbocycles. The van der Waals surface area contributed by atoms with E-state index in [2.05, 4.69) is 0 Å². The molecule has 0 aliphatic carbocycles. The average molecular weight is 350 g/mol. The Labute approximate surface area is 134 Å². The number of ether oxygens (including phenoxy) is 2. The summed E-state index contributed by atoms with van der Waals surface area (Å²) in [7, 11) is 1.95. The molecule has 0 saturated heterocycles. The summed E-state index contributed by atoms with van der Waals surface area (Å²) in [6.07, 6.45) is 0.974. The van der Waals surface area contributed by atoms with Gasteiger partial charge in [0.1, 0.15) is 13.2 Å². The second-order valence-corrected chi connectivity index (χ2v) is 6.83. The monoisotopic (exact) mass is 349 g/mol. The van der Waals surface area contributed by atoms with Gasteiger partial charge in [0.15, 0.2) is 0 Å². The molecule has 0 aliphatic heterocycles. The molecule has 0 aromatic rings. The van der Waals surface area contributed by atoms with Gasteiger partial charge < -0.3 is 31.3 Å². The van der Waals surface area contributed by atoms with Crippen LogP contribution < -0.4 is 12.4 Å². The Balaban J connectivity index is 0. The number of phosphoric ester groups is 1. The van der Waals surface area contributed by atoms with Crippen molar-refractivity contribution >= 4 is 7.82 Å². The Morgan fingerprint density at radius 3 is 1.90 bits per heavy atom. The summed E-state index contributed by atoms with van der Waals surface area (Å²) >= 11 is 0. The van der Waals surface area contributed by atoms with Gasteiger partial charge in [0, 0.05) is 6.61 Å². The zero-order valence-corrected chi connectivity index (χ0v) is 15.1. The highest BCUT2D eigenvalue weighted by Gasteiger charge is 2.22. The maximum Gasteiger partial charge on any atom is 0.472 e. The van der Waals surface area contributed by atoms with E-state index in [-0.39, 0.29) is 32.2 Å². The van der Waals surface area contributed by atoms with E-state index in [9.17, 15) is 9.46 Å². The molecule has 1 unspecified atom stereocenters. The van der Waals surface area contributed by atoms with Crippen LogP contribution in [-0.4, -0.2) is 76.7 Å². The van der Waals surface area contributed by atoms with Crippen LogP contribution in [0.25, 0.3) is 0 Å². The first kappa shape index (κ1) is 23.5. The van der Waals surface area contributed by atoms with E-state index in [0.717, 1.165) is 6.42 Å². The molecule has 1 N–H and O–H groups in total. The van der Waals surface area contributed by atoms with Crippen LogP contribution in [0.1, 0.15) is 13.3 Å². The second-order valence-electron chi connectivity index (χ2n) is 5.37. The van der Waals surface area contributed by atoms with Crippen molar-refractivity contribution in [3.8, 4) is 0 Å². The third-order valence-corrected chi connectivity index (χ3v) is 3.24. The van der Waals surface area contributed by atoms with Crippen LogP contribution in [0.2, 0.25) is 0 Å². The van der Waals surface area contributed by atoms with Crippen molar-refractivity contribution in [1.82, 2.24) is 0 Å². The minimum Gasteiger partial charge on any atom is -1.00 e. The van der Waals surface area contributed by atoms with E-state index in [0.29, 0.717) is 30.8 Å². The van der Waals surface area contributed by atoms with Crippen LogP contribution in [0.4, 0.5) is 0 Å². The highest BCUT2D eigenvalue weighted by atomic mass is 35.5. The van der Waals surface area contributed by atoms with Crippen molar-refractivity contribution in [1.29, 1.82) is 0 Å². The van der Waals surface area contributed by atoms with E-state index in [1.165, 1.54) is 0 Å². The molecule has 1 atom stereocenters. The fourth-order valence-electron chi connectivity index (χ4n) is 1.15. The number of halogens is 1. The van der Waals surface area contributed by atoms with Crippen molar-refractivity contribution in [3.05, 3.63) is 0 Å². The Hall–Kier alpha value is 0.280.